The number of fused-ring (bicyclic) bond motifs is 2. The van der Waals surface area contributed by atoms with Crippen molar-refractivity contribution in [3.05, 3.63) is 102 Å². The van der Waals surface area contributed by atoms with Crippen LogP contribution >= 0.6 is 0 Å². The molecule has 0 spiro atoms. The van der Waals surface area contributed by atoms with Crippen LogP contribution in [0.15, 0.2) is 95.4 Å². The minimum absolute atomic E-state index is 0. The Kier molecular flexibility index (Phi) is 8.13. The van der Waals surface area contributed by atoms with Gasteiger partial charge in [0, 0.05) is 61.5 Å². The summed E-state index contributed by atoms with van der Waals surface area (Å²) < 4.78 is 3.80. The molecule has 0 amide bonds. The zero-order chi connectivity index (χ0) is 25.9. The van der Waals surface area contributed by atoms with Gasteiger partial charge >= 0.3 is 5.82 Å². The van der Waals surface area contributed by atoms with Crippen molar-refractivity contribution in [2.75, 3.05) is 38.0 Å². The molecule has 0 saturated heterocycles. The minimum Gasteiger partial charge on any atom is -1.00 e. The first-order chi connectivity index (χ1) is 18.0. The Labute approximate surface area is 230 Å². The smallest absolute Gasteiger partial charge is 0.307 e. The third-order valence-electron chi connectivity index (χ3n) is 6.67. The first kappa shape index (κ1) is 26.9. The van der Waals surface area contributed by atoms with Gasteiger partial charge in [-0.05, 0) is 22.9 Å². The van der Waals surface area contributed by atoms with Crippen LogP contribution in [-0.4, -0.2) is 45.3 Å². The summed E-state index contributed by atoms with van der Waals surface area (Å²) in [5.41, 5.74) is 4.56. The van der Waals surface area contributed by atoms with Crippen molar-refractivity contribution < 1.29 is 17.1 Å². The first-order valence-electron chi connectivity index (χ1n) is 12.6. The van der Waals surface area contributed by atoms with Gasteiger partial charge < -0.3 is 22.2 Å². The highest BCUT2D eigenvalue weighted by Gasteiger charge is 2.15. The fourth-order valence-electron chi connectivity index (χ4n) is 4.80. The molecule has 0 atom stereocenters. The second-order valence-corrected chi connectivity index (χ2v) is 9.47. The van der Waals surface area contributed by atoms with E-state index < -0.39 is 0 Å². The van der Waals surface area contributed by atoms with Crippen LogP contribution in [0.25, 0.3) is 21.5 Å². The molecule has 0 saturated carbocycles. The summed E-state index contributed by atoms with van der Waals surface area (Å²) in [4.78, 5) is 4.28. The van der Waals surface area contributed by atoms with Gasteiger partial charge in [0.15, 0.2) is 12.4 Å². The van der Waals surface area contributed by atoms with Gasteiger partial charge in [-0.2, -0.15) is 0 Å². The molecule has 5 rings (SSSR count). The van der Waals surface area contributed by atoms with E-state index in [1.165, 1.54) is 32.9 Å². The molecule has 1 heterocycles. The maximum Gasteiger partial charge on any atom is 0.307 e. The van der Waals surface area contributed by atoms with Crippen molar-refractivity contribution in [1.29, 1.82) is 0 Å². The molecule has 38 heavy (non-hydrogen) atoms. The van der Waals surface area contributed by atoms with Gasteiger partial charge in [0.2, 0.25) is 0 Å². The molecule has 0 unspecified atom stereocenters. The number of hydrogen-bond donors (Lipinski definition) is 0. The zero-order valence-corrected chi connectivity index (χ0v) is 23.3. The minimum atomic E-state index is 0. The van der Waals surface area contributed by atoms with Crippen LogP contribution in [0, 0.1) is 0 Å². The van der Waals surface area contributed by atoms with Crippen molar-refractivity contribution in [1.82, 2.24) is 4.68 Å². The maximum absolute atomic E-state index is 4.81. The lowest BCUT2D eigenvalue weighted by atomic mass is 10.0. The Hall–Kier alpha value is -4.16. The summed E-state index contributed by atoms with van der Waals surface area (Å²) in [6.45, 7) is 2.12. The summed E-state index contributed by atoms with van der Waals surface area (Å²) in [5.74, 6) is 0.996. The number of aromatic nitrogens is 2. The zero-order valence-electron chi connectivity index (χ0n) is 22.5. The Balaban J connectivity index is 0.00000336. The Morgan fingerprint density at radius 1 is 0.711 bits per heavy atom. The van der Waals surface area contributed by atoms with Crippen molar-refractivity contribution in [2.24, 2.45) is 10.2 Å². The van der Waals surface area contributed by atoms with Crippen molar-refractivity contribution in [3.63, 3.8) is 0 Å². The molecular formula is C31H33ClN6. The summed E-state index contributed by atoms with van der Waals surface area (Å²) in [6.07, 6.45) is 8.57. The molecule has 6 nitrogen and oxygen atoms in total. The molecule has 0 radical (unpaired) electrons. The van der Waals surface area contributed by atoms with Crippen LogP contribution in [0.4, 0.5) is 11.4 Å². The quantitative estimate of drug-likeness (QED) is 0.242. The standard InChI is InChI=1S/C31H33N6.ClH/c1-6-31-36(32-21-23-15-17-29(34(2)3)27-13-9-7-11-25(23)27)19-20-37(31)33-22-24-16-18-30(35(4)5)28-14-10-8-12-26(24)28;/h7-22H,6H2,1-5H3;1H/q+1;/p-1/b32-21+,33-22+;. The van der Waals surface area contributed by atoms with Crippen LogP contribution in [-0.2, 0) is 6.42 Å². The molecule has 0 aliphatic carbocycles. The fraction of sp³-hybridized carbons (Fsp3) is 0.194. The molecule has 194 valence electrons. The largest absolute Gasteiger partial charge is 1.00 e. The molecule has 0 aliphatic heterocycles. The molecule has 0 fully saturated rings. The second-order valence-electron chi connectivity index (χ2n) is 9.47. The van der Waals surface area contributed by atoms with Gasteiger partial charge in [0.25, 0.3) is 0 Å². The summed E-state index contributed by atoms with van der Waals surface area (Å²) >= 11 is 0. The highest BCUT2D eigenvalue weighted by Crippen LogP contribution is 2.28. The Bertz CT molecular complexity index is 1510. The monoisotopic (exact) mass is 524 g/mol. The van der Waals surface area contributed by atoms with E-state index in [4.69, 9.17) is 10.2 Å². The number of rotatable bonds is 7. The summed E-state index contributed by atoms with van der Waals surface area (Å²) in [5, 5.41) is 14.4. The molecule has 0 N–H and O–H groups in total. The Morgan fingerprint density at radius 3 is 1.71 bits per heavy atom. The van der Waals surface area contributed by atoms with Crippen LogP contribution in [0.1, 0.15) is 23.9 Å². The van der Waals surface area contributed by atoms with Crippen LogP contribution in [0.3, 0.4) is 0 Å². The van der Waals surface area contributed by atoms with Gasteiger partial charge in [-0.25, -0.2) is 0 Å². The molecular weight excluding hydrogens is 492 g/mol. The molecule has 0 aliphatic rings. The van der Waals surface area contributed by atoms with Crippen molar-refractivity contribution >= 4 is 45.3 Å². The number of anilines is 2. The van der Waals surface area contributed by atoms with Gasteiger partial charge in [0.05, 0.1) is 18.9 Å². The van der Waals surface area contributed by atoms with E-state index in [1.54, 1.807) is 0 Å². The predicted octanol–water partition coefficient (Wildman–Crippen LogP) is 2.54. The number of imidazole rings is 1. The van der Waals surface area contributed by atoms with Crippen LogP contribution in [0.5, 0.6) is 0 Å². The summed E-state index contributed by atoms with van der Waals surface area (Å²) in [7, 11) is 8.28. The van der Waals surface area contributed by atoms with Crippen LogP contribution < -0.4 is 26.9 Å². The van der Waals surface area contributed by atoms with Gasteiger partial charge in [-0.3, -0.25) is 0 Å². The van der Waals surface area contributed by atoms with E-state index in [1.807, 2.05) is 34.2 Å². The van der Waals surface area contributed by atoms with Crippen molar-refractivity contribution in [3.8, 4) is 0 Å². The van der Waals surface area contributed by atoms with E-state index >= 15 is 0 Å². The molecule has 7 heteroatoms. The van der Waals surface area contributed by atoms with E-state index in [9.17, 15) is 0 Å². The maximum atomic E-state index is 4.81. The number of halogens is 1. The number of nitrogens with zero attached hydrogens (tertiary/aromatic N) is 6. The molecule has 5 aromatic rings. The number of hydrogen-bond acceptors (Lipinski definition) is 4. The van der Waals surface area contributed by atoms with Gasteiger partial charge in [0.1, 0.15) is 0 Å². The van der Waals surface area contributed by atoms with Gasteiger partial charge in [-0.1, -0.05) is 77.8 Å². The SMILES string of the molecule is CCc1n(/N=C/c2ccc(N(C)C)c3ccccc23)cc[n+]1/N=C/c1ccc(N(C)C)c2ccccc12.[Cl-]. The molecule has 4 aromatic carbocycles. The third kappa shape index (κ3) is 5.13. The van der Waals surface area contributed by atoms with E-state index in [2.05, 4.69) is 118 Å². The van der Waals surface area contributed by atoms with Crippen molar-refractivity contribution in [2.45, 2.75) is 13.3 Å². The Morgan fingerprint density at radius 2 is 1.21 bits per heavy atom. The fourth-order valence-corrected chi connectivity index (χ4v) is 4.80. The van der Waals surface area contributed by atoms with E-state index in [0.29, 0.717) is 0 Å². The lowest BCUT2D eigenvalue weighted by Crippen LogP contribution is -3.00. The van der Waals surface area contributed by atoms with E-state index in [0.717, 1.165) is 23.4 Å². The highest BCUT2D eigenvalue weighted by atomic mass is 35.5. The lowest BCUT2D eigenvalue weighted by molar-refractivity contribution is -0.685. The predicted molar refractivity (Wildman–Crippen MR) is 157 cm³/mol. The number of benzene rings is 4. The average molecular weight is 525 g/mol. The van der Waals surface area contributed by atoms with Crippen LogP contribution in [0.2, 0.25) is 0 Å². The summed E-state index contributed by atoms with van der Waals surface area (Å²) in [6, 6.07) is 25.5. The average Bonchev–Trinajstić information content (AvgIpc) is 3.31. The topological polar surface area (TPSA) is 40.0 Å². The van der Waals surface area contributed by atoms with Gasteiger partial charge in [-0.15, -0.1) is 9.35 Å². The normalized spacial score (nSPS) is 11.5. The van der Waals surface area contributed by atoms with E-state index in [-0.39, 0.29) is 12.4 Å². The third-order valence-corrected chi connectivity index (χ3v) is 6.67. The molecule has 0 bridgehead atoms. The first-order valence-corrected chi connectivity index (χ1v) is 12.6. The molecule has 1 aromatic heterocycles. The lowest BCUT2D eigenvalue weighted by Gasteiger charge is -2.16. The second kappa shape index (κ2) is 11.5. The highest BCUT2D eigenvalue weighted by molar-refractivity contribution is 6.06.